The van der Waals surface area contributed by atoms with E-state index in [-0.39, 0.29) is 11.9 Å². The topological polar surface area (TPSA) is 100 Å². The van der Waals surface area contributed by atoms with Gasteiger partial charge in [-0.15, -0.1) is 0 Å². The third kappa shape index (κ3) is 6.20. The normalized spacial score (nSPS) is 19.9. The number of carbonyl (C=O) groups is 2. The Bertz CT molecular complexity index is 1160. The molecule has 1 atom stereocenters. The lowest BCUT2D eigenvalue weighted by molar-refractivity contribution is -0.150. The average molecular weight is 536 g/mol. The summed E-state index contributed by atoms with van der Waals surface area (Å²) in [5, 5.41) is 20.3. The lowest BCUT2D eigenvalue weighted by Crippen LogP contribution is -2.43. The van der Waals surface area contributed by atoms with Gasteiger partial charge in [-0.3, -0.25) is 14.7 Å². The molecule has 3 aliphatic rings. The second-order valence-electron chi connectivity index (χ2n) is 11.9. The minimum absolute atomic E-state index is 0.0490. The van der Waals surface area contributed by atoms with Crippen LogP contribution in [0.3, 0.4) is 0 Å². The van der Waals surface area contributed by atoms with Gasteiger partial charge in [0.2, 0.25) is 0 Å². The fourth-order valence-corrected chi connectivity index (χ4v) is 6.20. The molecule has 2 amide bonds. The standard InChI is InChI=1S/C30H41N5O4/c1-30(2,28(37)38)24-10-13-33(14-11-24)26-8-7-25(31-17-26)19-34-15-16-35(29(34)39)21-27(36)20-32-12-9-22-5-3-4-6-23(22)18-32/h3-8,17,24,27,36H,9-16,18-21H2,1-2H3,(H,37,38). The van der Waals surface area contributed by atoms with Crippen LogP contribution in [0.15, 0.2) is 42.6 Å². The van der Waals surface area contributed by atoms with Crippen molar-refractivity contribution in [2.45, 2.75) is 52.3 Å². The number of anilines is 1. The van der Waals surface area contributed by atoms with E-state index < -0.39 is 17.5 Å². The first-order valence-corrected chi connectivity index (χ1v) is 14.1. The minimum Gasteiger partial charge on any atom is -0.481 e. The number of carboxylic acids is 1. The predicted octanol–water partition coefficient (Wildman–Crippen LogP) is 3.07. The number of urea groups is 1. The van der Waals surface area contributed by atoms with Crippen LogP contribution < -0.4 is 4.90 Å². The van der Waals surface area contributed by atoms with Gasteiger partial charge in [0.15, 0.2) is 0 Å². The summed E-state index contributed by atoms with van der Waals surface area (Å²) in [6.07, 6.45) is 3.96. The highest BCUT2D eigenvalue weighted by Gasteiger charge is 2.38. The lowest BCUT2D eigenvalue weighted by atomic mass is 9.73. The monoisotopic (exact) mass is 535 g/mol. The van der Waals surface area contributed by atoms with E-state index >= 15 is 0 Å². The summed E-state index contributed by atoms with van der Waals surface area (Å²) < 4.78 is 0. The Hall–Kier alpha value is -3.17. The third-order valence-corrected chi connectivity index (χ3v) is 8.88. The highest BCUT2D eigenvalue weighted by molar-refractivity contribution is 5.76. The quantitative estimate of drug-likeness (QED) is 0.509. The van der Waals surface area contributed by atoms with Crippen molar-refractivity contribution in [3.8, 4) is 0 Å². The second kappa shape index (κ2) is 11.5. The Labute approximate surface area is 231 Å². The molecule has 3 aliphatic heterocycles. The summed E-state index contributed by atoms with van der Waals surface area (Å²) in [6, 6.07) is 12.4. The molecule has 39 heavy (non-hydrogen) atoms. The Kier molecular flexibility index (Phi) is 8.09. The molecule has 1 aromatic carbocycles. The molecule has 2 aromatic rings. The molecular weight excluding hydrogens is 494 g/mol. The van der Waals surface area contributed by atoms with E-state index in [1.54, 1.807) is 9.80 Å². The molecule has 0 radical (unpaired) electrons. The Morgan fingerprint density at radius 2 is 1.72 bits per heavy atom. The van der Waals surface area contributed by atoms with Crippen molar-refractivity contribution < 1.29 is 19.8 Å². The molecule has 4 heterocycles. The number of nitrogens with zero attached hydrogens (tertiary/aromatic N) is 5. The minimum atomic E-state index is -0.732. The van der Waals surface area contributed by atoms with Crippen LogP contribution in [-0.4, -0.2) is 93.8 Å². The van der Waals surface area contributed by atoms with Crippen LogP contribution in [0.4, 0.5) is 10.5 Å². The highest BCUT2D eigenvalue weighted by atomic mass is 16.4. The molecule has 0 aliphatic carbocycles. The molecule has 210 valence electrons. The predicted molar refractivity (Wildman–Crippen MR) is 149 cm³/mol. The summed E-state index contributed by atoms with van der Waals surface area (Å²) in [5.74, 6) is -0.567. The van der Waals surface area contributed by atoms with E-state index in [1.807, 2.05) is 32.2 Å². The first-order chi connectivity index (χ1) is 18.7. The van der Waals surface area contributed by atoms with Crippen molar-refractivity contribution >= 4 is 17.7 Å². The molecule has 9 nitrogen and oxygen atoms in total. The molecule has 9 heteroatoms. The highest BCUT2D eigenvalue weighted by Crippen LogP contribution is 2.36. The van der Waals surface area contributed by atoms with Gasteiger partial charge in [0.25, 0.3) is 0 Å². The number of hydrogen-bond donors (Lipinski definition) is 2. The number of carboxylic acid groups (broad SMARTS) is 1. The van der Waals surface area contributed by atoms with Crippen molar-refractivity contribution in [2.24, 2.45) is 11.3 Å². The molecule has 1 unspecified atom stereocenters. The first kappa shape index (κ1) is 27.4. The maximum Gasteiger partial charge on any atom is 0.320 e. The number of aliphatic hydroxyl groups excluding tert-OH is 1. The smallest absolute Gasteiger partial charge is 0.320 e. The van der Waals surface area contributed by atoms with E-state index in [2.05, 4.69) is 39.0 Å². The van der Waals surface area contributed by atoms with Gasteiger partial charge in [-0.05, 0) is 62.3 Å². The molecule has 0 spiro atoms. The maximum absolute atomic E-state index is 13.0. The number of carbonyl (C=O) groups excluding carboxylic acids is 1. The van der Waals surface area contributed by atoms with E-state index in [1.165, 1.54) is 11.1 Å². The van der Waals surface area contributed by atoms with Crippen LogP contribution in [0.5, 0.6) is 0 Å². The zero-order valence-electron chi connectivity index (χ0n) is 23.1. The third-order valence-electron chi connectivity index (χ3n) is 8.88. The maximum atomic E-state index is 13.0. The van der Waals surface area contributed by atoms with Gasteiger partial charge >= 0.3 is 12.0 Å². The summed E-state index contributed by atoms with van der Waals surface area (Å²) in [5.41, 5.74) is 3.87. The van der Waals surface area contributed by atoms with Gasteiger partial charge in [0, 0.05) is 52.4 Å². The zero-order chi connectivity index (χ0) is 27.6. The molecule has 2 fully saturated rings. The van der Waals surface area contributed by atoms with Crippen LogP contribution >= 0.6 is 0 Å². The first-order valence-electron chi connectivity index (χ1n) is 14.1. The van der Waals surface area contributed by atoms with E-state index in [0.717, 1.165) is 56.8 Å². The van der Waals surface area contributed by atoms with Crippen LogP contribution in [-0.2, 0) is 24.3 Å². The molecule has 2 saturated heterocycles. The molecule has 0 saturated carbocycles. The molecule has 1 aromatic heterocycles. The van der Waals surface area contributed by atoms with Crippen molar-refractivity contribution in [3.05, 3.63) is 59.4 Å². The van der Waals surface area contributed by atoms with Gasteiger partial charge in [-0.2, -0.15) is 0 Å². The van der Waals surface area contributed by atoms with E-state index in [4.69, 9.17) is 0 Å². The number of amides is 2. The molecule has 0 bridgehead atoms. The Balaban J connectivity index is 1.08. The number of aliphatic hydroxyl groups is 1. The summed E-state index contributed by atoms with van der Waals surface area (Å²) in [4.78, 5) is 37.3. The summed E-state index contributed by atoms with van der Waals surface area (Å²) >= 11 is 0. The number of piperidine rings is 1. The van der Waals surface area contributed by atoms with Crippen molar-refractivity contribution in [1.29, 1.82) is 0 Å². The van der Waals surface area contributed by atoms with Crippen molar-refractivity contribution in [2.75, 3.05) is 50.7 Å². The molecule has 5 rings (SSSR count). The van der Waals surface area contributed by atoms with E-state index in [9.17, 15) is 19.8 Å². The van der Waals surface area contributed by atoms with Gasteiger partial charge in [-0.25, -0.2) is 4.79 Å². The Morgan fingerprint density at radius 3 is 2.41 bits per heavy atom. The van der Waals surface area contributed by atoms with Crippen molar-refractivity contribution in [1.82, 2.24) is 19.7 Å². The number of hydrogen-bond acceptors (Lipinski definition) is 6. The molecule has 2 N–H and O–H groups in total. The van der Waals surface area contributed by atoms with Crippen LogP contribution in [0.2, 0.25) is 0 Å². The van der Waals surface area contributed by atoms with Crippen LogP contribution in [0, 0.1) is 11.3 Å². The van der Waals surface area contributed by atoms with Gasteiger partial charge in [-0.1, -0.05) is 24.3 Å². The molecular formula is C30H41N5O4. The summed E-state index contributed by atoms with van der Waals surface area (Å²) in [6.45, 7) is 9.62. The number of aliphatic carboxylic acids is 1. The fraction of sp³-hybridized carbons (Fsp3) is 0.567. The largest absolute Gasteiger partial charge is 0.481 e. The number of aromatic nitrogens is 1. The zero-order valence-corrected chi connectivity index (χ0v) is 23.1. The lowest BCUT2D eigenvalue weighted by Gasteiger charge is -2.39. The fourth-order valence-electron chi connectivity index (χ4n) is 6.20. The van der Waals surface area contributed by atoms with Gasteiger partial charge in [0.1, 0.15) is 0 Å². The summed E-state index contributed by atoms with van der Waals surface area (Å²) in [7, 11) is 0. The average Bonchev–Trinajstić information content (AvgIpc) is 3.27. The van der Waals surface area contributed by atoms with E-state index in [0.29, 0.717) is 32.7 Å². The van der Waals surface area contributed by atoms with Crippen molar-refractivity contribution in [3.63, 3.8) is 0 Å². The second-order valence-corrected chi connectivity index (χ2v) is 11.9. The van der Waals surface area contributed by atoms with Gasteiger partial charge < -0.3 is 24.9 Å². The Morgan fingerprint density at radius 1 is 1.00 bits per heavy atom. The number of β-amino-alcohol motifs (C(OH)–C–C–N with tert-alkyl or cyclic N) is 1. The number of pyridine rings is 1. The van der Waals surface area contributed by atoms with Crippen LogP contribution in [0.25, 0.3) is 0 Å². The number of benzene rings is 1. The SMILES string of the molecule is CC(C)(C(=O)O)C1CCN(c2ccc(CN3CCN(CC(O)CN4CCc5ccccc5C4)C3=O)nc2)CC1. The number of rotatable bonds is 9. The van der Waals surface area contributed by atoms with Crippen LogP contribution in [0.1, 0.15) is 43.5 Å². The number of fused-ring (bicyclic) bond motifs is 1. The van der Waals surface area contributed by atoms with Gasteiger partial charge in [0.05, 0.1) is 35.6 Å².